The number of nitrogens with two attached hydrogens (primary N) is 1. The van der Waals surface area contributed by atoms with Crippen molar-refractivity contribution in [3.05, 3.63) is 34.1 Å². The Morgan fingerprint density at radius 2 is 2.20 bits per heavy atom. The van der Waals surface area contributed by atoms with Gasteiger partial charge < -0.3 is 10.5 Å². The van der Waals surface area contributed by atoms with Crippen molar-refractivity contribution < 1.29 is 14.1 Å². The van der Waals surface area contributed by atoms with Crippen molar-refractivity contribution in [2.45, 2.75) is 26.7 Å². The molecule has 0 aromatic heterocycles. The van der Waals surface area contributed by atoms with Crippen LogP contribution in [0.4, 0.5) is 10.1 Å². The number of benzene rings is 1. The van der Waals surface area contributed by atoms with Gasteiger partial charge in [0.25, 0.3) is 0 Å². The number of halogens is 1. The van der Waals surface area contributed by atoms with Crippen molar-refractivity contribution in [2.24, 2.45) is 11.1 Å². The second-order valence-electron chi connectivity index (χ2n) is 5.09. The summed E-state index contributed by atoms with van der Waals surface area (Å²) >= 11 is 0. The van der Waals surface area contributed by atoms with Crippen LogP contribution in [0.1, 0.15) is 26.7 Å². The van der Waals surface area contributed by atoms with E-state index in [4.69, 9.17) is 15.9 Å². The molecule has 6 nitrogen and oxygen atoms in total. The zero-order valence-electron chi connectivity index (χ0n) is 11.5. The molecular weight excluding hydrogens is 265 g/mol. The fourth-order valence-electron chi connectivity index (χ4n) is 1.61. The van der Waals surface area contributed by atoms with Crippen LogP contribution in [0, 0.1) is 26.8 Å². The summed E-state index contributed by atoms with van der Waals surface area (Å²) in [4.78, 5) is 10.1. The van der Waals surface area contributed by atoms with Crippen LogP contribution in [0.5, 0.6) is 5.75 Å². The Hall–Kier alpha value is -2.18. The van der Waals surface area contributed by atoms with E-state index in [2.05, 4.69) is 0 Å². The molecule has 0 radical (unpaired) electrons. The van der Waals surface area contributed by atoms with E-state index in [1.807, 2.05) is 13.8 Å². The normalized spacial score (nSPS) is 11.2. The lowest BCUT2D eigenvalue weighted by molar-refractivity contribution is -0.386. The fraction of sp³-hybridized carbons (Fsp3) is 0.462. The molecule has 0 fully saturated rings. The molecule has 110 valence electrons. The molecular formula is C13H18FN3O3. The van der Waals surface area contributed by atoms with Crippen LogP contribution < -0.4 is 10.5 Å². The Morgan fingerprint density at radius 3 is 2.75 bits per heavy atom. The lowest BCUT2D eigenvalue weighted by atomic mass is 9.87. The number of hydrogen-bond donors (Lipinski definition) is 2. The second kappa shape index (κ2) is 6.31. The summed E-state index contributed by atoms with van der Waals surface area (Å²) in [5.74, 6) is -1.04. The van der Waals surface area contributed by atoms with E-state index in [9.17, 15) is 14.5 Å². The molecule has 0 spiro atoms. The van der Waals surface area contributed by atoms with Crippen LogP contribution in [-0.4, -0.2) is 17.4 Å². The van der Waals surface area contributed by atoms with Gasteiger partial charge in [-0.15, -0.1) is 0 Å². The zero-order chi connectivity index (χ0) is 15.3. The second-order valence-corrected chi connectivity index (χ2v) is 5.09. The van der Waals surface area contributed by atoms with Gasteiger partial charge in [-0.3, -0.25) is 15.5 Å². The first kappa shape index (κ1) is 15.9. The van der Waals surface area contributed by atoms with E-state index in [0.29, 0.717) is 12.8 Å². The third-order valence-corrected chi connectivity index (χ3v) is 3.06. The maximum Gasteiger partial charge on any atom is 0.314 e. The Morgan fingerprint density at radius 1 is 1.55 bits per heavy atom. The summed E-state index contributed by atoms with van der Waals surface area (Å²) in [6, 6.07) is 3.57. The molecule has 1 aromatic carbocycles. The number of nitrogens with one attached hydrogen (secondary N) is 1. The minimum Gasteiger partial charge on any atom is -0.485 e. The van der Waals surface area contributed by atoms with E-state index in [0.717, 1.165) is 6.07 Å². The largest absolute Gasteiger partial charge is 0.485 e. The first-order chi connectivity index (χ1) is 9.25. The average Bonchev–Trinajstić information content (AvgIpc) is 2.35. The van der Waals surface area contributed by atoms with Gasteiger partial charge in [0.2, 0.25) is 5.75 Å². The van der Waals surface area contributed by atoms with Crippen molar-refractivity contribution in [3.8, 4) is 5.75 Å². The molecule has 0 atom stereocenters. The standard InChI is InChI=1S/C13H18FN3O3/c1-13(2,12(15)16)7-4-8-20-11-9(14)5-3-6-10(11)17(18)19/h3,5-6H,4,7-8H2,1-2H3,(H3,15,16). The minimum absolute atomic E-state index is 0.0642. The molecule has 0 aliphatic carbocycles. The number of nitro groups is 1. The predicted molar refractivity (Wildman–Crippen MR) is 73.5 cm³/mol. The van der Waals surface area contributed by atoms with Gasteiger partial charge in [-0.05, 0) is 18.9 Å². The molecule has 0 amide bonds. The van der Waals surface area contributed by atoms with Gasteiger partial charge in [-0.25, -0.2) is 4.39 Å². The van der Waals surface area contributed by atoms with Crippen LogP contribution in [0.3, 0.4) is 0 Å². The molecule has 0 bridgehead atoms. The van der Waals surface area contributed by atoms with Gasteiger partial charge in [0.05, 0.1) is 17.4 Å². The molecule has 1 rings (SSSR count). The van der Waals surface area contributed by atoms with Crippen molar-refractivity contribution in [1.29, 1.82) is 5.41 Å². The SMILES string of the molecule is CC(C)(CCCOc1c(F)cccc1[N+](=O)[O-])C(=N)N. The summed E-state index contributed by atoms with van der Waals surface area (Å²) < 4.78 is 18.7. The third-order valence-electron chi connectivity index (χ3n) is 3.06. The molecule has 0 unspecified atom stereocenters. The predicted octanol–water partition coefficient (Wildman–Crippen LogP) is 2.86. The van der Waals surface area contributed by atoms with E-state index in [-0.39, 0.29) is 18.2 Å². The topological polar surface area (TPSA) is 102 Å². The highest BCUT2D eigenvalue weighted by Crippen LogP contribution is 2.30. The van der Waals surface area contributed by atoms with E-state index in [1.54, 1.807) is 0 Å². The fourth-order valence-corrected chi connectivity index (χ4v) is 1.61. The lowest BCUT2D eigenvalue weighted by Crippen LogP contribution is -2.31. The quantitative estimate of drug-likeness (QED) is 0.264. The highest BCUT2D eigenvalue weighted by Gasteiger charge is 2.22. The molecule has 0 saturated heterocycles. The van der Waals surface area contributed by atoms with Crippen molar-refractivity contribution in [2.75, 3.05) is 6.61 Å². The number of amidine groups is 1. The molecule has 3 N–H and O–H groups in total. The molecule has 1 aromatic rings. The highest BCUT2D eigenvalue weighted by atomic mass is 19.1. The Balaban J connectivity index is 2.63. The Labute approximate surface area is 116 Å². The van der Waals surface area contributed by atoms with Crippen LogP contribution in [0.2, 0.25) is 0 Å². The van der Waals surface area contributed by atoms with Gasteiger partial charge >= 0.3 is 5.69 Å². The number of hydrogen-bond acceptors (Lipinski definition) is 4. The summed E-state index contributed by atoms with van der Waals surface area (Å²) in [5, 5.41) is 18.2. The van der Waals surface area contributed by atoms with Crippen LogP contribution >= 0.6 is 0 Å². The van der Waals surface area contributed by atoms with Crippen LogP contribution in [0.15, 0.2) is 18.2 Å². The molecule has 0 aliphatic rings. The zero-order valence-corrected chi connectivity index (χ0v) is 11.5. The van der Waals surface area contributed by atoms with Gasteiger partial charge in [0.1, 0.15) is 0 Å². The lowest BCUT2D eigenvalue weighted by Gasteiger charge is -2.22. The van der Waals surface area contributed by atoms with Gasteiger partial charge in [-0.1, -0.05) is 19.9 Å². The first-order valence-electron chi connectivity index (χ1n) is 6.16. The van der Waals surface area contributed by atoms with E-state index < -0.39 is 21.8 Å². The number of para-hydroxylation sites is 1. The Kier molecular flexibility index (Phi) is 5.01. The molecule has 0 saturated carbocycles. The van der Waals surface area contributed by atoms with Crippen LogP contribution in [-0.2, 0) is 0 Å². The molecule has 0 heterocycles. The maximum absolute atomic E-state index is 13.5. The number of nitro benzene ring substituents is 1. The maximum atomic E-state index is 13.5. The molecule has 20 heavy (non-hydrogen) atoms. The third kappa shape index (κ3) is 3.91. The Bertz CT molecular complexity index is 518. The summed E-state index contributed by atoms with van der Waals surface area (Å²) in [6.45, 7) is 3.76. The van der Waals surface area contributed by atoms with Gasteiger partial charge in [-0.2, -0.15) is 0 Å². The van der Waals surface area contributed by atoms with Crippen molar-refractivity contribution >= 4 is 11.5 Å². The summed E-state index contributed by atoms with van der Waals surface area (Å²) in [7, 11) is 0. The monoisotopic (exact) mass is 283 g/mol. The smallest absolute Gasteiger partial charge is 0.314 e. The van der Waals surface area contributed by atoms with E-state index in [1.165, 1.54) is 12.1 Å². The highest BCUT2D eigenvalue weighted by molar-refractivity contribution is 5.82. The first-order valence-corrected chi connectivity index (χ1v) is 6.16. The summed E-state index contributed by atoms with van der Waals surface area (Å²) in [5.41, 5.74) is 4.58. The van der Waals surface area contributed by atoms with E-state index >= 15 is 0 Å². The van der Waals surface area contributed by atoms with Crippen LogP contribution in [0.25, 0.3) is 0 Å². The number of ether oxygens (including phenoxy) is 1. The number of rotatable bonds is 7. The number of nitrogens with zero attached hydrogens (tertiary/aromatic N) is 1. The molecule has 7 heteroatoms. The van der Waals surface area contributed by atoms with Crippen molar-refractivity contribution in [3.63, 3.8) is 0 Å². The average molecular weight is 283 g/mol. The minimum atomic E-state index is -0.759. The van der Waals surface area contributed by atoms with Gasteiger partial charge in [0, 0.05) is 11.5 Å². The van der Waals surface area contributed by atoms with Crippen molar-refractivity contribution in [1.82, 2.24) is 0 Å². The molecule has 0 aliphatic heterocycles. The summed E-state index contributed by atoms with van der Waals surface area (Å²) in [6.07, 6.45) is 1.09. The van der Waals surface area contributed by atoms with Gasteiger partial charge in [0.15, 0.2) is 5.82 Å².